The van der Waals surface area contributed by atoms with Crippen molar-refractivity contribution in [2.45, 2.75) is 258 Å². The van der Waals surface area contributed by atoms with Crippen LogP contribution in [0.1, 0.15) is 251 Å². The Morgan fingerprint density at radius 1 is 0.492 bits per heavy atom. The van der Waals surface area contributed by atoms with Gasteiger partial charge in [-0.1, -0.05) is 212 Å². The van der Waals surface area contributed by atoms with Gasteiger partial charge in [-0.15, -0.1) is 0 Å². The minimum Gasteiger partial charge on any atom is -0.462 e. The summed E-state index contributed by atoms with van der Waals surface area (Å²) >= 11 is 0. The summed E-state index contributed by atoms with van der Waals surface area (Å²) in [5.74, 6) is -0.788. The maximum atomic E-state index is 12.7. The average molecular weight is 887 g/mol. The molecule has 0 bridgehead atoms. The van der Waals surface area contributed by atoms with Gasteiger partial charge in [0.2, 0.25) is 0 Å². The van der Waals surface area contributed by atoms with Crippen LogP contribution in [0.3, 0.4) is 0 Å². The summed E-state index contributed by atoms with van der Waals surface area (Å²) < 4.78 is 34.5. The SMILES string of the molecule is CCCCCCCC/C=C\CCCCCCCCCC(=O)OC(COC(=O)CCCCCCCCCCCCCCCCCCCCCC)COP(=O)(O)OCC[N+](C)(C)C. The Morgan fingerprint density at radius 2 is 0.836 bits per heavy atom. The van der Waals surface area contributed by atoms with Crippen LogP contribution in [-0.2, 0) is 32.7 Å². The first-order valence-electron chi connectivity index (χ1n) is 25.9. The molecule has 1 N–H and O–H groups in total. The second-order valence-electron chi connectivity index (χ2n) is 18.9. The minimum absolute atomic E-state index is 0.0343. The molecule has 2 atom stereocenters. The number of hydrogen-bond donors (Lipinski definition) is 1. The number of phosphoric acid groups is 1. The largest absolute Gasteiger partial charge is 0.472 e. The normalized spacial score (nSPS) is 13.5. The van der Waals surface area contributed by atoms with Gasteiger partial charge in [0.15, 0.2) is 6.10 Å². The molecule has 0 aliphatic rings. The number of rotatable bonds is 48. The van der Waals surface area contributed by atoms with E-state index in [0.29, 0.717) is 23.9 Å². The van der Waals surface area contributed by atoms with Crippen LogP contribution in [0.25, 0.3) is 0 Å². The molecule has 0 radical (unpaired) electrons. The van der Waals surface area contributed by atoms with Crippen LogP contribution < -0.4 is 0 Å². The van der Waals surface area contributed by atoms with E-state index in [2.05, 4.69) is 26.0 Å². The van der Waals surface area contributed by atoms with E-state index in [4.69, 9.17) is 18.5 Å². The summed E-state index contributed by atoms with van der Waals surface area (Å²) in [6.45, 7) is 4.46. The number of nitrogens with zero attached hydrogens (tertiary/aromatic N) is 1. The lowest BCUT2D eigenvalue weighted by molar-refractivity contribution is -0.870. The van der Waals surface area contributed by atoms with Crippen molar-refractivity contribution in [3.8, 4) is 0 Å². The molecule has 0 amide bonds. The predicted molar refractivity (Wildman–Crippen MR) is 257 cm³/mol. The number of carbonyl (C=O) groups is 2. The summed E-state index contributed by atoms with van der Waals surface area (Å²) in [7, 11) is 1.49. The standard InChI is InChI=1S/C51H100NO8P/c1-6-8-10-12-14-16-18-20-22-24-25-26-28-29-31-33-35-37-39-41-43-50(53)57-47-49(48-59-61(55,56)58-46-45-52(3,4)5)60-51(54)44-42-40-38-36-34-32-30-27-23-21-19-17-15-13-11-9-7-2/h21,23,49H,6-20,22,24-48H2,1-5H3/p+1/b23-21-. The molecule has 0 aromatic carbocycles. The molecule has 0 aromatic rings. The van der Waals surface area contributed by atoms with Crippen LogP contribution in [0.15, 0.2) is 12.2 Å². The first kappa shape index (κ1) is 59.8. The van der Waals surface area contributed by atoms with E-state index in [-0.39, 0.29) is 25.6 Å². The molecular weight excluding hydrogens is 786 g/mol. The molecule has 0 fully saturated rings. The topological polar surface area (TPSA) is 108 Å². The summed E-state index contributed by atoms with van der Waals surface area (Å²) in [6, 6.07) is 0. The second kappa shape index (κ2) is 44.0. The summed E-state index contributed by atoms with van der Waals surface area (Å²) in [4.78, 5) is 35.5. The number of carbonyl (C=O) groups excluding carboxylic acids is 2. The Balaban J connectivity index is 4.21. The van der Waals surface area contributed by atoms with Crippen molar-refractivity contribution >= 4 is 19.8 Å². The number of allylic oxidation sites excluding steroid dienone is 2. The predicted octanol–water partition coefficient (Wildman–Crippen LogP) is 15.3. The van der Waals surface area contributed by atoms with Gasteiger partial charge in [0.25, 0.3) is 0 Å². The highest BCUT2D eigenvalue weighted by Crippen LogP contribution is 2.43. The van der Waals surface area contributed by atoms with Crippen LogP contribution in [0, 0.1) is 0 Å². The Labute approximate surface area is 377 Å². The minimum atomic E-state index is -4.38. The summed E-state index contributed by atoms with van der Waals surface area (Å²) in [5, 5.41) is 0. The average Bonchev–Trinajstić information content (AvgIpc) is 3.21. The van der Waals surface area contributed by atoms with Gasteiger partial charge in [-0.2, -0.15) is 0 Å². The number of likely N-dealkylation sites (N-methyl/N-ethyl adjacent to an activating group) is 1. The fraction of sp³-hybridized carbons (Fsp3) is 0.922. The van der Waals surface area contributed by atoms with Gasteiger partial charge in [0.1, 0.15) is 19.8 Å². The third-order valence-corrected chi connectivity index (χ3v) is 12.5. The summed E-state index contributed by atoms with van der Waals surface area (Å²) in [6.07, 6.45) is 48.3. The number of quaternary nitrogens is 1. The Bertz CT molecular complexity index is 1050. The molecular formula is C51H101NO8P+. The van der Waals surface area contributed by atoms with Crippen LogP contribution in [0.4, 0.5) is 0 Å². The molecule has 0 saturated carbocycles. The highest BCUT2D eigenvalue weighted by atomic mass is 31.2. The van der Waals surface area contributed by atoms with Gasteiger partial charge in [-0.05, 0) is 38.5 Å². The van der Waals surface area contributed by atoms with Crippen molar-refractivity contribution in [1.29, 1.82) is 0 Å². The molecule has 0 saturated heterocycles. The Hall–Kier alpha value is -1.25. The van der Waals surface area contributed by atoms with Crippen molar-refractivity contribution in [2.75, 3.05) is 47.5 Å². The van der Waals surface area contributed by atoms with E-state index in [1.807, 2.05) is 21.1 Å². The number of ether oxygens (including phenoxy) is 2. The van der Waals surface area contributed by atoms with Crippen molar-refractivity contribution in [2.24, 2.45) is 0 Å². The lowest BCUT2D eigenvalue weighted by Gasteiger charge is -2.24. The van der Waals surface area contributed by atoms with Crippen molar-refractivity contribution < 1.29 is 42.1 Å². The first-order valence-corrected chi connectivity index (χ1v) is 27.4. The molecule has 0 spiro atoms. The van der Waals surface area contributed by atoms with Gasteiger partial charge in [-0.25, -0.2) is 4.57 Å². The molecule has 0 rings (SSSR count). The lowest BCUT2D eigenvalue weighted by Crippen LogP contribution is -2.37. The van der Waals surface area contributed by atoms with E-state index in [1.54, 1.807) is 0 Å². The molecule has 0 aliphatic heterocycles. The lowest BCUT2D eigenvalue weighted by atomic mass is 10.0. The maximum absolute atomic E-state index is 12.7. The maximum Gasteiger partial charge on any atom is 0.472 e. The zero-order chi connectivity index (χ0) is 45.0. The molecule has 61 heavy (non-hydrogen) atoms. The fourth-order valence-electron chi connectivity index (χ4n) is 7.48. The van der Waals surface area contributed by atoms with Crippen molar-refractivity contribution in [1.82, 2.24) is 0 Å². The van der Waals surface area contributed by atoms with E-state index < -0.39 is 26.5 Å². The number of unbranched alkanes of at least 4 members (excludes halogenated alkanes) is 32. The third kappa shape index (κ3) is 48.1. The second-order valence-corrected chi connectivity index (χ2v) is 20.4. The van der Waals surface area contributed by atoms with Gasteiger partial charge in [0, 0.05) is 12.8 Å². The Morgan fingerprint density at radius 3 is 1.21 bits per heavy atom. The smallest absolute Gasteiger partial charge is 0.462 e. The number of hydrogen-bond acceptors (Lipinski definition) is 7. The molecule has 0 aromatic heterocycles. The molecule has 362 valence electrons. The summed E-state index contributed by atoms with van der Waals surface area (Å²) in [5.41, 5.74) is 0. The van der Waals surface area contributed by atoms with E-state index >= 15 is 0 Å². The zero-order valence-electron chi connectivity index (χ0n) is 40.9. The van der Waals surface area contributed by atoms with Gasteiger partial charge < -0.3 is 18.9 Å². The van der Waals surface area contributed by atoms with Gasteiger partial charge in [0.05, 0.1) is 27.7 Å². The molecule has 0 aliphatic carbocycles. The highest BCUT2D eigenvalue weighted by molar-refractivity contribution is 7.47. The highest BCUT2D eigenvalue weighted by Gasteiger charge is 2.27. The first-order chi connectivity index (χ1) is 29.5. The van der Waals surface area contributed by atoms with Gasteiger partial charge in [-0.3, -0.25) is 18.6 Å². The van der Waals surface area contributed by atoms with E-state index in [0.717, 1.165) is 44.9 Å². The van der Waals surface area contributed by atoms with Crippen LogP contribution in [0.5, 0.6) is 0 Å². The van der Waals surface area contributed by atoms with Crippen LogP contribution in [0.2, 0.25) is 0 Å². The number of phosphoric ester groups is 1. The third-order valence-electron chi connectivity index (χ3n) is 11.5. The monoisotopic (exact) mass is 887 g/mol. The molecule has 9 nitrogen and oxygen atoms in total. The van der Waals surface area contributed by atoms with Crippen molar-refractivity contribution in [3.05, 3.63) is 12.2 Å². The van der Waals surface area contributed by atoms with E-state index in [9.17, 15) is 19.0 Å². The number of esters is 2. The van der Waals surface area contributed by atoms with Crippen LogP contribution >= 0.6 is 7.82 Å². The Kier molecular flexibility index (Phi) is 43.1. The van der Waals surface area contributed by atoms with E-state index in [1.165, 1.54) is 173 Å². The van der Waals surface area contributed by atoms with Gasteiger partial charge >= 0.3 is 19.8 Å². The molecule has 10 heteroatoms. The zero-order valence-corrected chi connectivity index (χ0v) is 41.8. The van der Waals surface area contributed by atoms with Crippen molar-refractivity contribution in [3.63, 3.8) is 0 Å². The fourth-order valence-corrected chi connectivity index (χ4v) is 8.22. The quantitative estimate of drug-likeness (QED) is 0.0212. The molecule has 2 unspecified atom stereocenters. The molecule has 0 heterocycles. The van der Waals surface area contributed by atoms with Crippen LogP contribution in [-0.4, -0.2) is 74.9 Å².